The zero-order chi connectivity index (χ0) is 10.7. The monoisotopic (exact) mass is 217 g/mol. The van der Waals surface area contributed by atoms with Gasteiger partial charge in [0.2, 0.25) is 0 Å². The molecule has 0 aliphatic heterocycles. The van der Waals surface area contributed by atoms with Crippen molar-refractivity contribution in [1.29, 1.82) is 0 Å². The molecule has 0 saturated heterocycles. The van der Waals surface area contributed by atoms with Crippen molar-refractivity contribution in [3.8, 4) is 16.9 Å². The van der Waals surface area contributed by atoms with E-state index in [1.165, 1.54) is 0 Å². The van der Waals surface area contributed by atoms with Crippen LogP contribution in [-0.2, 0) is 0 Å². The maximum absolute atomic E-state index is 9.17. The lowest BCUT2D eigenvalue weighted by atomic mass is 10.1. The molecule has 0 unspecified atom stereocenters. The number of thioether (sulfide) groups is 1. The fourth-order valence-corrected chi connectivity index (χ4v) is 1.69. The first kappa shape index (κ1) is 10.1. The number of pyridine rings is 1. The summed E-state index contributed by atoms with van der Waals surface area (Å²) in [6, 6.07) is 11.1. The third kappa shape index (κ3) is 2.30. The van der Waals surface area contributed by atoms with E-state index in [2.05, 4.69) is 4.98 Å². The van der Waals surface area contributed by atoms with Crippen molar-refractivity contribution in [2.75, 3.05) is 6.26 Å². The Hall–Kier alpha value is -1.48. The van der Waals surface area contributed by atoms with Gasteiger partial charge in [-0.1, -0.05) is 18.2 Å². The van der Waals surface area contributed by atoms with Crippen LogP contribution < -0.4 is 0 Å². The van der Waals surface area contributed by atoms with Gasteiger partial charge in [-0.05, 0) is 30.0 Å². The second-order valence-electron chi connectivity index (χ2n) is 3.14. The molecule has 1 aromatic carbocycles. The summed E-state index contributed by atoms with van der Waals surface area (Å²) in [6.45, 7) is 0. The minimum absolute atomic E-state index is 0.285. The van der Waals surface area contributed by atoms with E-state index in [1.807, 2.05) is 36.7 Å². The number of hydrogen-bond acceptors (Lipinski definition) is 3. The van der Waals surface area contributed by atoms with Crippen molar-refractivity contribution >= 4 is 11.8 Å². The number of aromatic nitrogens is 1. The molecule has 76 valence electrons. The van der Waals surface area contributed by atoms with Crippen LogP contribution in [0.25, 0.3) is 11.1 Å². The van der Waals surface area contributed by atoms with E-state index in [9.17, 15) is 0 Å². The number of phenols is 1. The number of hydrogen-bond donors (Lipinski definition) is 1. The van der Waals surface area contributed by atoms with E-state index in [1.54, 1.807) is 23.9 Å². The molecule has 0 bridgehead atoms. The van der Waals surface area contributed by atoms with Crippen LogP contribution in [0.3, 0.4) is 0 Å². The van der Waals surface area contributed by atoms with E-state index in [4.69, 9.17) is 5.11 Å². The summed E-state index contributed by atoms with van der Waals surface area (Å²) >= 11 is 1.62. The minimum Gasteiger partial charge on any atom is -0.508 e. The van der Waals surface area contributed by atoms with E-state index < -0.39 is 0 Å². The van der Waals surface area contributed by atoms with E-state index in [0.29, 0.717) is 0 Å². The topological polar surface area (TPSA) is 33.1 Å². The standard InChI is InChI=1S/C12H11NOS/c1-15-12-7-4-10(8-13-12)9-2-5-11(14)6-3-9/h2-8,14H,1H3. The van der Waals surface area contributed by atoms with E-state index >= 15 is 0 Å². The van der Waals surface area contributed by atoms with Crippen LogP contribution in [0, 0.1) is 0 Å². The van der Waals surface area contributed by atoms with Gasteiger partial charge >= 0.3 is 0 Å². The number of nitrogens with zero attached hydrogens (tertiary/aromatic N) is 1. The molecule has 0 aliphatic carbocycles. The molecule has 0 atom stereocenters. The van der Waals surface area contributed by atoms with Gasteiger partial charge in [-0.3, -0.25) is 0 Å². The van der Waals surface area contributed by atoms with Gasteiger partial charge in [0.25, 0.3) is 0 Å². The van der Waals surface area contributed by atoms with Gasteiger partial charge in [0.15, 0.2) is 0 Å². The number of benzene rings is 1. The lowest BCUT2D eigenvalue weighted by Gasteiger charge is -2.02. The molecule has 2 nitrogen and oxygen atoms in total. The predicted molar refractivity (Wildman–Crippen MR) is 63.1 cm³/mol. The van der Waals surface area contributed by atoms with Crippen molar-refractivity contribution in [2.24, 2.45) is 0 Å². The van der Waals surface area contributed by atoms with Crippen molar-refractivity contribution in [1.82, 2.24) is 4.98 Å². The molecule has 15 heavy (non-hydrogen) atoms. The maximum Gasteiger partial charge on any atom is 0.115 e. The van der Waals surface area contributed by atoms with Gasteiger partial charge in [0, 0.05) is 11.8 Å². The zero-order valence-corrected chi connectivity index (χ0v) is 9.16. The molecule has 0 radical (unpaired) electrons. The Morgan fingerprint density at radius 1 is 1.00 bits per heavy atom. The van der Waals surface area contributed by atoms with E-state index in [0.717, 1.165) is 16.2 Å². The Morgan fingerprint density at radius 3 is 2.20 bits per heavy atom. The van der Waals surface area contributed by atoms with Crippen LogP contribution in [0.5, 0.6) is 5.75 Å². The Balaban J connectivity index is 2.33. The van der Waals surface area contributed by atoms with Crippen LogP contribution in [0.4, 0.5) is 0 Å². The molecule has 0 aliphatic rings. The normalized spacial score (nSPS) is 10.2. The summed E-state index contributed by atoms with van der Waals surface area (Å²) in [5, 5.41) is 10.2. The molecule has 3 heteroatoms. The molecular formula is C12H11NOS. The van der Waals surface area contributed by atoms with E-state index in [-0.39, 0.29) is 5.75 Å². The molecule has 0 fully saturated rings. The Bertz CT molecular complexity index is 436. The molecule has 2 aromatic rings. The third-order valence-corrected chi connectivity index (χ3v) is 2.81. The minimum atomic E-state index is 0.285. The lowest BCUT2D eigenvalue weighted by Crippen LogP contribution is -1.81. The van der Waals surface area contributed by atoms with Crippen LogP contribution in [0.2, 0.25) is 0 Å². The van der Waals surface area contributed by atoms with Crippen LogP contribution in [0.1, 0.15) is 0 Å². The smallest absolute Gasteiger partial charge is 0.115 e. The first-order valence-electron chi connectivity index (χ1n) is 4.59. The molecule has 1 heterocycles. The average Bonchev–Trinajstić information content (AvgIpc) is 2.30. The molecule has 0 spiro atoms. The summed E-state index contributed by atoms with van der Waals surface area (Å²) in [5.74, 6) is 0.285. The van der Waals surface area contributed by atoms with Gasteiger partial charge < -0.3 is 5.11 Å². The number of aromatic hydroxyl groups is 1. The molecule has 2 rings (SSSR count). The largest absolute Gasteiger partial charge is 0.508 e. The Kier molecular flexibility index (Phi) is 2.92. The van der Waals surface area contributed by atoms with Gasteiger partial charge in [0.1, 0.15) is 5.75 Å². The summed E-state index contributed by atoms with van der Waals surface area (Å²) in [6.07, 6.45) is 3.85. The average molecular weight is 217 g/mol. The molecular weight excluding hydrogens is 206 g/mol. The first-order chi connectivity index (χ1) is 7.29. The van der Waals surface area contributed by atoms with Crippen molar-refractivity contribution < 1.29 is 5.11 Å². The Morgan fingerprint density at radius 2 is 1.67 bits per heavy atom. The highest BCUT2D eigenvalue weighted by atomic mass is 32.2. The second-order valence-corrected chi connectivity index (χ2v) is 3.96. The fraction of sp³-hybridized carbons (Fsp3) is 0.0833. The first-order valence-corrected chi connectivity index (χ1v) is 5.81. The van der Waals surface area contributed by atoms with Gasteiger partial charge in [-0.15, -0.1) is 11.8 Å². The summed E-state index contributed by atoms with van der Waals surface area (Å²) in [7, 11) is 0. The number of phenolic OH excluding ortho intramolecular Hbond substituents is 1. The van der Waals surface area contributed by atoms with Crippen LogP contribution in [-0.4, -0.2) is 16.3 Å². The lowest BCUT2D eigenvalue weighted by molar-refractivity contribution is 0.475. The second kappa shape index (κ2) is 4.36. The number of rotatable bonds is 2. The summed E-state index contributed by atoms with van der Waals surface area (Å²) < 4.78 is 0. The summed E-state index contributed by atoms with van der Waals surface area (Å²) in [5.41, 5.74) is 2.13. The third-order valence-electron chi connectivity index (χ3n) is 2.15. The molecule has 1 aromatic heterocycles. The van der Waals surface area contributed by atoms with Crippen molar-refractivity contribution in [3.63, 3.8) is 0 Å². The Labute approximate surface area is 93.0 Å². The van der Waals surface area contributed by atoms with Gasteiger partial charge in [0.05, 0.1) is 5.03 Å². The highest BCUT2D eigenvalue weighted by molar-refractivity contribution is 7.98. The van der Waals surface area contributed by atoms with Crippen LogP contribution in [0.15, 0.2) is 47.6 Å². The summed E-state index contributed by atoms with van der Waals surface area (Å²) in [4.78, 5) is 4.30. The molecule has 0 amide bonds. The highest BCUT2D eigenvalue weighted by Gasteiger charge is 1.98. The fourth-order valence-electron chi connectivity index (χ4n) is 1.33. The zero-order valence-electron chi connectivity index (χ0n) is 8.34. The highest BCUT2D eigenvalue weighted by Crippen LogP contribution is 2.22. The molecule has 1 N–H and O–H groups in total. The van der Waals surface area contributed by atoms with Gasteiger partial charge in [-0.2, -0.15) is 0 Å². The molecule has 0 saturated carbocycles. The predicted octanol–water partition coefficient (Wildman–Crippen LogP) is 3.18. The maximum atomic E-state index is 9.17. The van der Waals surface area contributed by atoms with Gasteiger partial charge in [-0.25, -0.2) is 4.98 Å². The SMILES string of the molecule is CSc1ccc(-c2ccc(O)cc2)cn1. The van der Waals surface area contributed by atoms with Crippen molar-refractivity contribution in [3.05, 3.63) is 42.6 Å². The van der Waals surface area contributed by atoms with Crippen molar-refractivity contribution in [2.45, 2.75) is 5.03 Å². The van der Waals surface area contributed by atoms with Crippen LogP contribution >= 0.6 is 11.8 Å². The quantitative estimate of drug-likeness (QED) is 0.784.